The molecule has 3 N–H and O–H groups in total. The zero-order valence-electron chi connectivity index (χ0n) is 9.81. The van der Waals surface area contributed by atoms with E-state index in [0.717, 1.165) is 17.7 Å². The van der Waals surface area contributed by atoms with Gasteiger partial charge in [0.05, 0.1) is 18.3 Å². The van der Waals surface area contributed by atoms with Gasteiger partial charge in [0.25, 0.3) is 0 Å². The Morgan fingerprint density at radius 1 is 1.56 bits per heavy atom. The number of nitrogens with one attached hydrogen (secondary N) is 1. The van der Waals surface area contributed by atoms with E-state index in [-0.39, 0.29) is 12.1 Å². The molecule has 0 radical (unpaired) electrons. The fourth-order valence-corrected chi connectivity index (χ4v) is 1.43. The lowest BCUT2D eigenvalue weighted by Gasteiger charge is -2.16. The molecule has 0 bridgehead atoms. The van der Waals surface area contributed by atoms with Gasteiger partial charge in [0, 0.05) is 6.20 Å². The molecule has 0 aliphatic heterocycles. The normalized spacial score (nSPS) is 12.5. The van der Waals surface area contributed by atoms with Gasteiger partial charge in [-0.1, -0.05) is 6.08 Å². The minimum atomic E-state index is 0.0284. The maximum atomic E-state index is 5.57. The third-order valence-corrected chi connectivity index (χ3v) is 2.11. The summed E-state index contributed by atoms with van der Waals surface area (Å²) in [5.41, 5.74) is 3.73. The molecule has 1 rings (SSSR count). The van der Waals surface area contributed by atoms with Crippen LogP contribution in [0.4, 0.5) is 0 Å². The first-order valence-electron chi connectivity index (χ1n) is 5.36. The Balaban J connectivity index is 2.83. The number of aromatic nitrogens is 1. The van der Waals surface area contributed by atoms with Crippen molar-refractivity contribution in [2.24, 2.45) is 5.84 Å². The van der Waals surface area contributed by atoms with Crippen molar-refractivity contribution < 1.29 is 4.74 Å². The number of hydrogen-bond acceptors (Lipinski definition) is 4. The van der Waals surface area contributed by atoms with Gasteiger partial charge in [0.15, 0.2) is 0 Å². The Hall–Kier alpha value is -1.39. The Bertz CT molecular complexity index is 339. The molecule has 0 saturated heterocycles. The van der Waals surface area contributed by atoms with Gasteiger partial charge < -0.3 is 4.74 Å². The van der Waals surface area contributed by atoms with Crippen LogP contribution in [0, 0.1) is 0 Å². The molecule has 1 aromatic heterocycles. The molecule has 1 unspecified atom stereocenters. The van der Waals surface area contributed by atoms with Gasteiger partial charge in [-0.2, -0.15) is 0 Å². The third kappa shape index (κ3) is 3.64. The summed E-state index contributed by atoms with van der Waals surface area (Å²) in [7, 11) is 0. The molecule has 1 heterocycles. The van der Waals surface area contributed by atoms with Crippen molar-refractivity contribution in [3.8, 4) is 5.75 Å². The van der Waals surface area contributed by atoms with Crippen molar-refractivity contribution in [2.75, 3.05) is 0 Å². The molecule has 16 heavy (non-hydrogen) atoms. The van der Waals surface area contributed by atoms with Gasteiger partial charge in [-0.15, -0.1) is 6.58 Å². The number of pyridine rings is 1. The summed E-state index contributed by atoms with van der Waals surface area (Å²) in [5.74, 6) is 6.24. The lowest BCUT2D eigenvalue weighted by atomic mass is 10.1. The van der Waals surface area contributed by atoms with Crippen LogP contribution in [-0.2, 0) is 0 Å². The van der Waals surface area contributed by atoms with Gasteiger partial charge in [0.2, 0.25) is 0 Å². The van der Waals surface area contributed by atoms with Crippen molar-refractivity contribution >= 4 is 0 Å². The smallest absolute Gasteiger partial charge is 0.138 e. The molecule has 88 valence electrons. The summed E-state index contributed by atoms with van der Waals surface area (Å²) in [6.07, 6.45) is 6.19. The van der Waals surface area contributed by atoms with Crippen molar-refractivity contribution in [3.05, 3.63) is 36.7 Å². The van der Waals surface area contributed by atoms with E-state index in [1.807, 2.05) is 26.0 Å². The van der Waals surface area contributed by atoms with Crippen LogP contribution in [0.15, 0.2) is 31.1 Å². The van der Waals surface area contributed by atoms with Crippen LogP contribution in [0.1, 0.15) is 31.9 Å². The lowest BCUT2D eigenvalue weighted by molar-refractivity contribution is 0.241. The zero-order chi connectivity index (χ0) is 12.0. The third-order valence-electron chi connectivity index (χ3n) is 2.11. The first-order chi connectivity index (χ1) is 7.67. The molecule has 0 spiro atoms. The van der Waals surface area contributed by atoms with E-state index < -0.39 is 0 Å². The number of nitrogens with two attached hydrogens (primary N) is 1. The number of nitrogens with zero attached hydrogens (tertiary/aromatic N) is 1. The standard InChI is InChI=1S/C12H19N3O/c1-4-5-12(15-13)10-6-11(8-14-7-10)16-9(2)3/h4,6-9,12,15H,1,5,13H2,2-3H3. The van der Waals surface area contributed by atoms with Crippen molar-refractivity contribution in [2.45, 2.75) is 32.4 Å². The van der Waals surface area contributed by atoms with Gasteiger partial charge in [-0.05, 0) is 31.9 Å². The van der Waals surface area contributed by atoms with E-state index in [0.29, 0.717) is 0 Å². The fourth-order valence-electron chi connectivity index (χ4n) is 1.43. The first kappa shape index (κ1) is 12.7. The summed E-state index contributed by atoms with van der Waals surface area (Å²) in [6.45, 7) is 7.66. The molecule has 0 aliphatic rings. The predicted molar refractivity (Wildman–Crippen MR) is 64.9 cm³/mol. The summed E-state index contributed by atoms with van der Waals surface area (Å²) < 4.78 is 5.57. The molecule has 1 atom stereocenters. The highest BCUT2D eigenvalue weighted by Crippen LogP contribution is 2.20. The van der Waals surface area contributed by atoms with Crippen molar-refractivity contribution in [1.29, 1.82) is 0 Å². The number of rotatable bonds is 6. The monoisotopic (exact) mass is 221 g/mol. The summed E-state index contributed by atoms with van der Waals surface area (Å²) >= 11 is 0. The first-order valence-corrected chi connectivity index (χ1v) is 5.36. The molecule has 0 saturated carbocycles. The Labute approximate surface area is 96.5 Å². The van der Waals surface area contributed by atoms with Crippen molar-refractivity contribution in [3.63, 3.8) is 0 Å². The highest BCUT2D eigenvalue weighted by atomic mass is 16.5. The summed E-state index contributed by atoms with van der Waals surface area (Å²) in [6, 6.07) is 1.97. The van der Waals surface area contributed by atoms with E-state index >= 15 is 0 Å². The van der Waals surface area contributed by atoms with Crippen LogP contribution in [0.5, 0.6) is 5.75 Å². The van der Waals surface area contributed by atoms with E-state index in [1.165, 1.54) is 0 Å². The van der Waals surface area contributed by atoms with Crippen LogP contribution >= 0.6 is 0 Å². The van der Waals surface area contributed by atoms with Gasteiger partial charge in [-0.3, -0.25) is 16.3 Å². The fraction of sp³-hybridized carbons (Fsp3) is 0.417. The molecule has 0 fully saturated rings. The molecule has 0 aliphatic carbocycles. The van der Waals surface area contributed by atoms with Gasteiger partial charge in [-0.25, -0.2) is 0 Å². The van der Waals surface area contributed by atoms with Crippen LogP contribution < -0.4 is 16.0 Å². The largest absolute Gasteiger partial charge is 0.489 e. The summed E-state index contributed by atoms with van der Waals surface area (Å²) in [5, 5.41) is 0. The maximum absolute atomic E-state index is 5.57. The Morgan fingerprint density at radius 2 is 2.31 bits per heavy atom. The van der Waals surface area contributed by atoms with Crippen LogP contribution in [0.25, 0.3) is 0 Å². The second-order valence-electron chi connectivity index (χ2n) is 3.86. The second-order valence-corrected chi connectivity index (χ2v) is 3.86. The van der Waals surface area contributed by atoms with Crippen LogP contribution in [0.2, 0.25) is 0 Å². The van der Waals surface area contributed by atoms with E-state index in [4.69, 9.17) is 10.6 Å². The van der Waals surface area contributed by atoms with Crippen molar-refractivity contribution in [1.82, 2.24) is 10.4 Å². The molecule has 4 heteroatoms. The highest BCUT2D eigenvalue weighted by molar-refractivity contribution is 5.26. The SMILES string of the molecule is C=CCC(NN)c1cncc(OC(C)C)c1. The van der Waals surface area contributed by atoms with E-state index in [2.05, 4.69) is 17.0 Å². The average Bonchev–Trinajstić information content (AvgIpc) is 2.25. The van der Waals surface area contributed by atoms with Gasteiger partial charge in [0.1, 0.15) is 5.75 Å². The Kier molecular flexibility index (Phi) is 4.95. The van der Waals surface area contributed by atoms with Crippen LogP contribution in [-0.4, -0.2) is 11.1 Å². The molecular formula is C12H19N3O. The minimum absolute atomic E-state index is 0.0284. The number of ether oxygens (including phenoxy) is 1. The number of hydrazine groups is 1. The lowest BCUT2D eigenvalue weighted by Crippen LogP contribution is -2.27. The molecule has 0 amide bonds. The zero-order valence-corrected chi connectivity index (χ0v) is 9.81. The molecule has 4 nitrogen and oxygen atoms in total. The topological polar surface area (TPSA) is 60.2 Å². The second kappa shape index (κ2) is 6.25. The number of hydrogen-bond donors (Lipinski definition) is 2. The van der Waals surface area contributed by atoms with Gasteiger partial charge >= 0.3 is 0 Å². The van der Waals surface area contributed by atoms with E-state index in [9.17, 15) is 0 Å². The minimum Gasteiger partial charge on any atom is -0.489 e. The predicted octanol–water partition coefficient (Wildman–Crippen LogP) is 1.95. The molecular weight excluding hydrogens is 202 g/mol. The maximum Gasteiger partial charge on any atom is 0.138 e. The van der Waals surface area contributed by atoms with Crippen LogP contribution in [0.3, 0.4) is 0 Å². The molecule has 1 aromatic rings. The quantitative estimate of drug-likeness (QED) is 0.438. The Morgan fingerprint density at radius 3 is 2.88 bits per heavy atom. The highest BCUT2D eigenvalue weighted by Gasteiger charge is 2.09. The average molecular weight is 221 g/mol. The molecule has 0 aromatic carbocycles. The van der Waals surface area contributed by atoms with E-state index in [1.54, 1.807) is 12.4 Å². The summed E-state index contributed by atoms with van der Waals surface area (Å²) in [4.78, 5) is 4.13.